The van der Waals surface area contributed by atoms with Gasteiger partial charge in [0.2, 0.25) is 0 Å². The number of nitrogens with zero attached hydrogens (tertiary/aromatic N) is 1. The second-order valence-electron chi connectivity index (χ2n) is 5.52. The van der Waals surface area contributed by atoms with Gasteiger partial charge in [0.15, 0.2) is 0 Å². The van der Waals surface area contributed by atoms with Crippen LogP contribution in [0.15, 0.2) is 82.7 Å². The van der Waals surface area contributed by atoms with E-state index in [1.807, 2.05) is 24.3 Å². The average Bonchev–Trinajstić information content (AvgIpc) is 2.67. The molecule has 0 aliphatic rings. The topological polar surface area (TPSA) is 65.0 Å². The Hall–Kier alpha value is -2.83. The van der Waals surface area contributed by atoms with Crippen LogP contribution in [-0.4, -0.2) is 21.7 Å². The third-order valence-corrected chi connectivity index (χ3v) is 5.11. The Balaban J connectivity index is 1.76. The van der Waals surface area contributed by atoms with E-state index in [4.69, 9.17) is 20.5 Å². The maximum Gasteiger partial charge on any atom is 0.339 e. The molecule has 0 aliphatic heterocycles. The number of aliphatic imine (C=N–C) groups is 1. The van der Waals surface area contributed by atoms with Gasteiger partial charge in [-0.3, -0.25) is 4.99 Å². The van der Waals surface area contributed by atoms with E-state index in [1.54, 1.807) is 37.6 Å². The molecule has 0 spiro atoms. The number of ether oxygens (including phenoxy) is 1. The summed E-state index contributed by atoms with van der Waals surface area (Å²) in [6, 6.07) is 19.7. The van der Waals surface area contributed by atoms with E-state index in [2.05, 4.69) is 4.99 Å². The Morgan fingerprint density at radius 1 is 0.926 bits per heavy atom. The van der Waals surface area contributed by atoms with Crippen molar-refractivity contribution in [3.63, 3.8) is 0 Å². The molecule has 0 N–H and O–H groups in total. The van der Waals surface area contributed by atoms with E-state index in [1.165, 1.54) is 24.3 Å². The van der Waals surface area contributed by atoms with Crippen LogP contribution in [-0.2, 0) is 10.1 Å². The van der Waals surface area contributed by atoms with Crippen LogP contribution in [0.3, 0.4) is 0 Å². The van der Waals surface area contributed by atoms with Crippen molar-refractivity contribution in [1.29, 1.82) is 0 Å². The molecule has 27 heavy (non-hydrogen) atoms. The van der Waals surface area contributed by atoms with Gasteiger partial charge in [-0.2, -0.15) is 8.42 Å². The van der Waals surface area contributed by atoms with Crippen molar-refractivity contribution in [2.75, 3.05) is 7.11 Å². The van der Waals surface area contributed by atoms with Crippen molar-refractivity contribution in [1.82, 2.24) is 0 Å². The first-order chi connectivity index (χ1) is 13.0. The first-order valence-corrected chi connectivity index (χ1v) is 9.73. The summed E-state index contributed by atoms with van der Waals surface area (Å²) in [5, 5.41) is 0.450. The molecule has 3 rings (SSSR count). The third-order valence-electron chi connectivity index (χ3n) is 3.60. The van der Waals surface area contributed by atoms with Crippen molar-refractivity contribution in [2.45, 2.75) is 4.90 Å². The highest BCUT2D eigenvalue weighted by atomic mass is 35.5. The number of benzene rings is 3. The zero-order valence-electron chi connectivity index (χ0n) is 14.4. The van der Waals surface area contributed by atoms with Gasteiger partial charge in [0.25, 0.3) is 0 Å². The summed E-state index contributed by atoms with van der Waals surface area (Å²) in [6.45, 7) is 0. The van der Waals surface area contributed by atoms with Crippen molar-refractivity contribution in [3.8, 4) is 11.5 Å². The maximum absolute atomic E-state index is 12.4. The normalized spacial score (nSPS) is 11.5. The lowest BCUT2D eigenvalue weighted by Crippen LogP contribution is -2.09. The van der Waals surface area contributed by atoms with Crippen molar-refractivity contribution >= 4 is 33.6 Å². The minimum absolute atomic E-state index is 0.0317. The molecule has 0 unspecified atom stereocenters. The smallest absolute Gasteiger partial charge is 0.339 e. The molecular formula is C20H16ClNO4S. The molecule has 0 saturated carbocycles. The van der Waals surface area contributed by atoms with E-state index in [0.717, 1.165) is 11.4 Å². The van der Waals surface area contributed by atoms with Gasteiger partial charge in [0, 0.05) is 11.2 Å². The summed E-state index contributed by atoms with van der Waals surface area (Å²) in [6.07, 6.45) is 1.63. The second kappa shape index (κ2) is 8.24. The van der Waals surface area contributed by atoms with Crippen molar-refractivity contribution in [3.05, 3.63) is 83.4 Å². The molecule has 5 nitrogen and oxygen atoms in total. The molecule has 0 aliphatic carbocycles. The molecule has 0 bridgehead atoms. The van der Waals surface area contributed by atoms with E-state index in [0.29, 0.717) is 10.6 Å². The first-order valence-electron chi connectivity index (χ1n) is 7.94. The Kier molecular flexibility index (Phi) is 5.78. The Morgan fingerprint density at radius 2 is 1.63 bits per heavy atom. The van der Waals surface area contributed by atoms with Gasteiger partial charge in [-0.1, -0.05) is 23.7 Å². The lowest BCUT2D eigenvalue weighted by atomic mass is 10.2. The fourth-order valence-electron chi connectivity index (χ4n) is 2.24. The largest absolute Gasteiger partial charge is 0.497 e. The molecule has 0 heterocycles. The number of methoxy groups -OCH3 is 1. The highest BCUT2D eigenvalue weighted by Crippen LogP contribution is 2.22. The van der Waals surface area contributed by atoms with Crippen LogP contribution < -0.4 is 8.92 Å². The Bertz CT molecular complexity index is 1050. The lowest BCUT2D eigenvalue weighted by molar-refractivity contribution is 0.415. The minimum Gasteiger partial charge on any atom is -0.497 e. The highest BCUT2D eigenvalue weighted by Gasteiger charge is 2.16. The zero-order valence-corrected chi connectivity index (χ0v) is 15.9. The van der Waals surface area contributed by atoms with E-state index in [-0.39, 0.29) is 10.6 Å². The predicted molar refractivity (Wildman–Crippen MR) is 106 cm³/mol. The zero-order chi connectivity index (χ0) is 19.3. The maximum atomic E-state index is 12.4. The summed E-state index contributed by atoms with van der Waals surface area (Å²) >= 11 is 5.79. The van der Waals surface area contributed by atoms with Crippen molar-refractivity contribution < 1.29 is 17.3 Å². The number of rotatable bonds is 6. The Labute approximate surface area is 163 Å². The molecular weight excluding hydrogens is 386 g/mol. The quantitative estimate of drug-likeness (QED) is 0.436. The predicted octanol–water partition coefficient (Wildman–Crippen LogP) is 4.87. The first kappa shape index (κ1) is 18.9. The standard InChI is InChI=1S/C20H16ClNO4S/c1-25-18-9-7-17(8-10-18)22-14-15-3-2-4-19(13-15)26-27(23,24)20-11-5-16(21)6-12-20/h2-14H,1H3. The molecule has 0 radical (unpaired) electrons. The third kappa shape index (κ3) is 5.09. The SMILES string of the molecule is COc1ccc(N=Cc2cccc(OS(=O)(=O)c3ccc(Cl)cc3)c2)cc1. The molecule has 138 valence electrons. The van der Waals surface area contributed by atoms with Gasteiger partial charge in [-0.25, -0.2) is 0 Å². The van der Waals surface area contributed by atoms with Gasteiger partial charge >= 0.3 is 10.1 Å². The average molecular weight is 402 g/mol. The van der Waals surface area contributed by atoms with E-state index < -0.39 is 10.1 Å². The van der Waals surface area contributed by atoms with Crippen LogP contribution in [0.4, 0.5) is 5.69 Å². The highest BCUT2D eigenvalue weighted by molar-refractivity contribution is 7.87. The minimum atomic E-state index is -3.94. The summed E-state index contributed by atoms with van der Waals surface area (Å²) in [5.41, 5.74) is 1.45. The molecule has 0 saturated heterocycles. The van der Waals surface area contributed by atoms with Crippen LogP contribution in [0.25, 0.3) is 0 Å². The fourth-order valence-corrected chi connectivity index (χ4v) is 3.29. The van der Waals surface area contributed by atoms with Gasteiger partial charge in [0.05, 0.1) is 12.8 Å². The number of hydrogen-bond acceptors (Lipinski definition) is 5. The van der Waals surface area contributed by atoms with Gasteiger partial charge in [-0.15, -0.1) is 0 Å². The summed E-state index contributed by atoms with van der Waals surface area (Å²) in [7, 11) is -2.34. The number of halogens is 1. The molecule has 7 heteroatoms. The summed E-state index contributed by atoms with van der Waals surface area (Å²) in [4.78, 5) is 4.39. The van der Waals surface area contributed by atoms with Gasteiger partial charge in [0.1, 0.15) is 16.4 Å². The molecule has 0 amide bonds. The molecule has 0 atom stereocenters. The van der Waals surface area contributed by atoms with Crippen LogP contribution in [0.1, 0.15) is 5.56 Å². The van der Waals surface area contributed by atoms with E-state index >= 15 is 0 Å². The van der Waals surface area contributed by atoms with E-state index in [9.17, 15) is 8.42 Å². The second-order valence-corrected chi connectivity index (χ2v) is 7.50. The Morgan fingerprint density at radius 3 is 2.30 bits per heavy atom. The monoisotopic (exact) mass is 401 g/mol. The molecule has 0 aromatic heterocycles. The summed E-state index contributed by atoms with van der Waals surface area (Å²) < 4.78 is 35.0. The van der Waals surface area contributed by atoms with Crippen molar-refractivity contribution in [2.24, 2.45) is 4.99 Å². The molecule has 3 aromatic carbocycles. The summed E-state index contributed by atoms with van der Waals surface area (Å²) in [5.74, 6) is 0.945. The van der Waals surface area contributed by atoms with Crippen LogP contribution >= 0.6 is 11.6 Å². The van der Waals surface area contributed by atoms with Gasteiger partial charge < -0.3 is 8.92 Å². The number of hydrogen-bond donors (Lipinski definition) is 0. The van der Waals surface area contributed by atoms with Gasteiger partial charge in [-0.05, 0) is 66.2 Å². The molecule has 3 aromatic rings. The van der Waals surface area contributed by atoms with Crippen LogP contribution in [0, 0.1) is 0 Å². The fraction of sp³-hybridized carbons (Fsp3) is 0.0500. The lowest BCUT2D eigenvalue weighted by Gasteiger charge is -2.07. The van der Waals surface area contributed by atoms with Crippen LogP contribution in [0.2, 0.25) is 5.02 Å². The molecule has 0 fully saturated rings. The van der Waals surface area contributed by atoms with Crippen LogP contribution in [0.5, 0.6) is 11.5 Å².